The minimum atomic E-state index is -3.96. The number of aliphatic carboxylic acids is 1. The highest BCUT2D eigenvalue weighted by Gasteiger charge is 2.52. The van der Waals surface area contributed by atoms with E-state index in [1.54, 1.807) is 12.1 Å². The Balaban J connectivity index is 2.05. The van der Waals surface area contributed by atoms with Crippen LogP contribution in [0.15, 0.2) is 29.2 Å². The first kappa shape index (κ1) is 17.1. The number of Topliss-reactive ketones (excluding diaryl/α,β-unsaturated/α-hetero) is 1. The Labute approximate surface area is 141 Å². The molecule has 0 aromatic heterocycles. The zero-order chi connectivity index (χ0) is 17.5. The predicted octanol–water partition coefficient (Wildman–Crippen LogP) is 1.97. The van der Waals surface area contributed by atoms with Crippen LogP contribution in [0.2, 0.25) is 0 Å². The smallest absolute Gasteiger partial charge is 0.322 e. The molecule has 1 heterocycles. The molecule has 24 heavy (non-hydrogen) atoms. The van der Waals surface area contributed by atoms with Gasteiger partial charge in [0.2, 0.25) is 10.0 Å². The molecule has 3 rings (SSSR count). The standard InChI is InChI=1S/C17H21NO5S/c1-11-6-8-12(9-7-11)24(22,23)18-14-4-2-3-5-16(19)13(14)10-15(18)17(20)21/h6-9,13-15H,2-5,10H2,1H3,(H,20,21)/t13-,14-,15-/m0/s1. The highest BCUT2D eigenvalue weighted by molar-refractivity contribution is 7.89. The van der Waals surface area contributed by atoms with Crippen molar-refractivity contribution < 1.29 is 23.1 Å². The highest BCUT2D eigenvalue weighted by Crippen LogP contribution is 2.40. The molecule has 6 nitrogen and oxygen atoms in total. The quantitative estimate of drug-likeness (QED) is 0.899. The first-order chi connectivity index (χ1) is 11.3. The van der Waals surface area contributed by atoms with Crippen LogP contribution in [0.5, 0.6) is 0 Å². The number of aryl methyl sites for hydroxylation is 1. The summed E-state index contributed by atoms with van der Waals surface area (Å²) >= 11 is 0. The fourth-order valence-electron chi connectivity index (χ4n) is 3.81. The number of sulfonamides is 1. The van der Waals surface area contributed by atoms with Crippen molar-refractivity contribution >= 4 is 21.8 Å². The minimum absolute atomic E-state index is 0.00893. The first-order valence-electron chi connectivity index (χ1n) is 8.18. The lowest BCUT2D eigenvalue weighted by Crippen LogP contribution is -2.45. The van der Waals surface area contributed by atoms with Gasteiger partial charge in [0, 0.05) is 18.4 Å². The highest BCUT2D eigenvalue weighted by atomic mass is 32.2. The van der Waals surface area contributed by atoms with Gasteiger partial charge < -0.3 is 5.11 Å². The summed E-state index contributed by atoms with van der Waals surface area (Å²) in [6.45, 7) is 1.85. The third-order valence-electron chi connectivity index (χ3n) is 5.04. The molecule has 130 valence electrons. The van der Waals surface area contributed by atoms with E-state index in [1.807, 2.05) is 6.92 Å². The molecule has 1 N–H and O–H groups in total. The number of carbonyl (C=O) groups is 2. The number of hydrogen-bond donors (Lipinski definition) is 1. The molecule has 0 spiro atoms. The van der Waals surface area contributed by atoms with Gasteiger partial charge in [0.25, 0.3) is 0 Å². The SMILES string of the molecule is Cc1ccc(S(=O)(=O)N2[C@H](C(=O)O)C[C@@H]3C(=O)CCCC[C@@H]32)cc1. The van der Waals surface area contributed by atoms with Gasteiger partial charge in [-0.25, -0.2) is 8.42 Å². The van der Waals surface area contributed by atoms with E-state index in [-0.39, 0.29) is 17.1 Å². The van der Waals surface area contributed by atoms with E-state index in [0.29, 0.717) is 12.8 Å². The van der Waals surface area contributed by atoms with Gasteiger partial charge in [0.05, 0.1) is 4.90 Å². The summed E-state index contributed by atoms with van der Waals surface area (Å²) in [4.78, 5) is 24.0. The third-order valence-corrected chi connectivity index (χ3v) is 6.99. The molecule has 0 amide bonds. The van der Waals surface area contributed by atoms with Crippen LogP contribution in [0.3, 0.4) is 0 Å². The van der Waals surface area contributed by atoms with Crippen molar-refractivity contribution in [2.24, 2.45) is 5.92 Å². The Kier molecular flexibility index (Phi) is 4.48. The van der Waals surface area contributed by atoms with Crippen molar-refractivity contribution in [3.05, 3.63) is 29.8 Å². The molecular formula is C17H21NO5S. The van der Waals surface area contributed by atoms with Crippen LogP contribution in [0, 0.1) is 12.8 Å². The Hall–Kier alpha value is -1.73. The summed E-state index contributed by atoms with van der Waals surface area (Å²) in [6.07, 6.45) is 2.49. The number of carboxylic acids is 1. The summed E-state index contributed by atoms with van der Waals surface area (Å²) in [7, 11) is -3.96. The molecule has 0 bridgehead atoms. The summed E-state index contributed by atoms with van der Waals surface area (Å²) in [5.74, 6) is -1.70. The van der Waals surface area contributed by atoms with Crippen molar-refractivity contribution in [2.75, 3.05) is 0 Å². The lowest BCUT2D eigenvalue weighted by molar-refractivity contribution is -0.141. The van der Waals surface area contributed by atoms with E-state index in [9.17, 15) is 23.1 Å². The fourth-order valence-corrected chi connectivity index (χ4v) is 5.65. The maximum absolute atomic E-state index is 13.1. The number of carbonyl (C=O) groups excluding carboxylic acids is 1. The zero-order valence-electron chi connectivity index (χ0n) is 13.5. The second kappa shape index (κ2) is 6.29. The lowest BCUT2D eigenvalue weighted by Gasteiger charge is -2.28. The van der Waals surface area contributed by atoms with E-state index in [4.69, 9.17) is 0 Å². The molecule has 1 saturated carbocycles. The Morgan fingerprint density at radius 3 is 2.50 bits per heavy atom. The van der Waals surface area contributed by atoms with Crippen LogP contribution in [-0.4, -0.2) is 41.7 Å². The van der Waals surface area contributed by atoms with Crippen molar-refractivity contribution in [2.45, 2.75) is 56.0 Å². The number of ketones is 1. The Morgan fingerprint density at radius 1 is 1.21 bits per heavy atom. The molecule has 2 aliphatic rings. The zero-order valence-corrected chi connectivity index (χ0v) is 14.3. The van der Waals surface area contributed by atoms with Gasteiger partial charge >= 0.3 is 5.97 Å². The van der Waals surface area contributed by atoms with E-state index >= 15 is 0 Å². The van der Waals surface area contributed by atoms with Crippen molar-refractivity contribution in [3.63, 3.8) is 0 Å². The van der Waals surface area contributed by atoms with Gasteiger partial charge in [-0.2, -0.15) is 4.31 Å². The number of hydrogen-bond acceptors (Lipinski definition) is 4. The van der Waals surface area contributed by atoms with Gasteiger partial charge in [-0.1, -0.05) is 24.1 Å². The average Bonchev–Trinajstić information content (AvgIpc) is 2.84. The van der Waals surface area contributed by atoms with Crippen LogP contribution >= 0.6 is 0 Å². The number of benzene rings is 1. The maximum Gasteiger partial charge on any atom is 0.322 e. The van der Waals surface area contributed by atoms with Crippen LogP contribution < -0.4 is 0 Å². The number of nitrogens with zero attached hydrogens (tertiary/aromatic N) is 1. The van der Waals surface area contributed by atoms with Crippen LogP contribution in [0.25, 0.3) is 0 Å². The molecule has 1 aliphatic heterocycles. The third kappa shape index (κ3) is 2.86. The molecule has 1 aliphatic carbocycles. The second-order valence-electron chi connectivity index (χ2n) is 6.62. The van der Waals surface area contributed by atoms with Gasteiger partial charge in [-0.05, 0) is 38.3 Å². The van der Waals surface area contributed by atoms with E-state index < -0.39 is 34.0 Å². The Morgan fingerprint density at radius 2 is 1.88 bits per heavy atom. The summed E-state index contributed by atoms with van der Waals surface area (Å²) in [6, 6.07) is 4.65. The van der Waals surface area contributed by atoms with Crippen molar-refractivity contribution in [3.8, 4) is 0 Å². The normalized spacial score (nSPS) is 28.4. The summed E-state index contributed by atoms with van der Waals surface area (Å²) in [5, 5.41) is 9.52. The molecule has 1 saturated heterocycles. The number of fused-ring (bicyclic) bond motifs is 1. The van der Waals surface area contributed by atoms with Crippen LogP contribution in [0.4, 0.5) is 0 Å². The average molecular weight is 351 g/mol. The monoisotopic (exact) mass is 351 g/mol. The molecular weight excluding hydrogens is 330 g/mol. The summed E-state index contributed by atoms with van der Waals surface area (Å²) < 4.78 is 27.3. The molecule has 7 heteroatoms. The maximum atomic E-state index is 13.1. The molecule has 1 aromatic rings. The minimum Gasteiger partial charge on any atom is -0.480 e. The van der Waals surface area contributed by atoms with Gasteiger partial charge in [0.15, 0.2) is 0 Å². The van der Waals surface area contributed by atoms with Crippen LogP contribution in [-0.2, 0) is 19.6 Å². The molecule has 0 radical (unpaired) electrons. The topological polar surface area (TPSA) is 91.8 Å². The number of carboxylic acid groups (broad SMARTS) is 1. The fraction of sp³-hybridized carbons (Fsp3) is 0.529. The first-order valence-corrected chi connectivity index (χ1v) is 9.62. The largest absolute Gasteiger partial charge is 0.480 e. The second-order valence-corrected chi connectivity index (χ2v) is 8.47. The van der Waals surface area contributed by atoms with Crippen LogP contribution in [0.1, 0.15) is 37.7 Å². The molecule has 2 fully saturated rings. The van der Waals surface area contributed by atoms with E-state index in [1.165, 1.54) is 12.1 Å². The van der Waals surface area contributed by atoms with Gasteiger partial charge in [0.1, 0.15) is 11.8 Å². The molecule has 3 atom stereocenters. The van der Waals surface area contributed by atoms with E-state index in [2.05, 4.69) is 0 Å². The van der Waals surface area contributed by atoms with Crippen molar-refractivity contribution in [1.29, 1.82) is 0 Å². The van der Waals surface area contributed by atoms with Crippen molar-refractivity contribution in [1.82, 2.24) is 4.31 Å². The lowest BCUT2D eigenvalue weighted by atomic mass is 9.93. The molecule has 1 aromatic carbocycles. The van der Waals surface area contributed by atoms with Gasteiger partial charge in [-0.3, -0.25) is 9.59 Å². The van der Waals surface area contributed by atoms with Gasteiger partial charge in [-0.15, -0.1) is 0 Å². The number of rotatable bonds is 3. The summed E-state index contributed by atoms with van der Waals surface area (Å²) in [5.41, 5.74) is 0.924. The predicted molar refractivity (Wildman–Crippen MR) is 87.0 cm³/mol. The van der Waals surface area contributed by atoms with E-state index in [0.717, 1.165) is 22.7 Å². The Bertz CT molecular complexity index is 756. The molecule has 0 unspecified atom stereocenters.